The van der Waals surface area contributed by atoms with Gasteiger partial charge in [-0.1, -0.05) is 28.1 Å². The molecule has 2 rings (SSSR count). The van der Waals surface area contributed by atoms with Crippen molar-refractivity contribution in [3.8, 4) is 0 Å². The summed E-state index contributed by atoms with van der Waals surface area (Å²) in [7, 11) is 0. The van der Waals surface area contributed by atoms with Crippen molar-refractivity contribution in [3.63, 3.8) is 0 Å². The minimum atomic E-state index is -0.744. The third kappa shape index (κ3) is 2.92. The van der Waals surface area contributed by atoms with E-state index in [1.54, 1.807) is 32.0 Å². The van der Waals surface area contributed by atoms with E-state index in [0.29, 0.717) is 19.4 Å². The van der Waals surface area contributed by atoms with Gasteiger partial charge in [0.15, 0.2) is 5.78 Å². The Morgan fingerprint density at radius 1 is 1.40 bits per heavy atom. The fourth-order valence-corrected chi connectivity index (χ4v) is 2.72. The number of carbonyl (C=O) groups excluding carboxylic acids is 2. The molecule has 1 atom stereocenters. The van der Waals surface area contributed by atoms with Crippen molar-refractivity contribution in [3.05, 3.63) is 30.1 Å². The maximum atomic E-state index is 13.8. The second-order valence-corrected chi connectivity index (χ2v) is 7.46. The molecule has 1 aromatic carbocycles. The number of nitrogens with zero attached hydrogens (tertiary/aromatic N) is 1. The highest BCUT2D eigenvalue weighted by Crippen LogP contribution is 2.31. The fraction of sp³-hybridized carbons (Fsp3) is 0.467. The van der Waals surface area contributed by atoms with Crippen molar-refractivity contribution >= 4 is 33.3 Å². The molecular weight excluding hydrogens is 325 g/mol. The number of benzene rings is 1. The molecule has 0 N–H and O–H groups in total. The Balaban J connectivity index is 2.28. The minimum Gasteiger partial charge on any atom is -0.309 e. The Morgan fingerprint density at radius 2 is 2.05 bits per heavy atom. The van der Waals surface area contributed by atoms with E-state index in [0.717, 1.165) is 0 Å². The highest BCUT2D eigenvalue weighted by Gasteiger charge is 2.40. The van der Waals surface area contributed by atoms with Gasteiger partial charge in [-0.25, -0.2) is 4.39 Å². The molecule has 0 bridgehead atoms. The topological polar surface area (TPSA) is 37.4 Å². The standard InChI is InChI=1S/C15H17BrFNO2/c1-15(2,16)13(19)10-6-5-9-18(14(10)20)12-8-4-3-7-11(12)17/h3-4,7-8,10H,5-6,9H2,1-2H3/t10-/m1/s1. The molecule has 1 fully saturated rings. The molecule has 0 radical (unpaired) electrons. The van der Waals surface area contributed by atoms with Gasteiger partial charge in [0.25, 0.3) is 0 Å². The largest absolute Gasteiger partial charge is 0.309 e. The summed E-state index contributed by atoms with van der Waals surface area (Å²) in [5, 5.41) is 0. The third-order valence-electron chi connectivity index (χ3n) is 3.48. The van der Waals surface area contributed by atoms with E-state index in [1.165, 1.54) is 11.0 Å². The summed E-state index contributed by atoms with van der Waals surface area (Å²) in [6, 6.07) is 6.16. The van der Waals surface area contributed by atoms with E-state index < -0.39 is 16.1 Å². The van der Waals surface area contributed by atoms with E-state index >= 15 is 0 Å². The van der Waals surface area contributed by atoms with Crippen LogP contribution in [0.3, 0.4) is 0 Å². The van der Waals surface area contributed by atoms with Crippen molar-refractivity contribution in [2.75, 3.05) is 11.4 Å². The van der Waals surface area contributed by atoms with Crippen LogP contribution in [0.15, 0.2) is 24.3 Å². The van der Waals surface area contributed by atoms with Crippen LogP contribution in [0.1, 0.15) is 26.7 Å². The molecule has 1 saturated heterocycles. The molecule has 0 aliphatic carbocycles. The van der Waals surface area contributed by atoms with Crippen molar-refractivity contribution in [2.24, 2.45) is 5.92 Å². The molecule has 20 heavy (non-hydrogen) atoms. The summed E-state index contributed by atoms with van der Waals surface area (Å²) in [5.41, 5.74) is 0.252. The fourth-order valence-electron chi connectivity index (χ4n) is 2.44. The summed E-state index contributed by atoms with van der Waals surface area (Å²) < 4.78 is 13.1. The van der Waals surface area contributed by atoms with Gasteiger partial charge < -0.3 is 4.90 Å². The van der Waals surface area contributed by atoms with Crippen LogP contribution in [-0.4, -0.2) is 22.6 Å². The van der Waals surface area contributed by atoms with Crippen LogP contribution in [0.4, 0.5) is 10.1 Å². The molecule has 0 spiro atoms. The molecule has 1 aliphatic rings. The van der Waals surface area contributed by atoms with Gasteiger partial charge in [0.2, 0.25) is 5.91 Å². The average Bonchev–Trinajstić information content (AvgIpc) is 2.38. The van der Waals surface area contributed by atoms with E-state index in [9.17, 15) is 14.0 Å². The normalized spacial score (nSPS) is 20.1. The monoisotopic (exact) mass is 341 g/mol. The maximum absolute atomic E-state index is 13.8. The predicted molar refractivity (Wildman–Crippen MR) is 79.5 cm³/mol. The number of piperidine rings is 1. The molecule has 0 saturated carbocycles. The molecule has 0 unspecified atom stereocenters. The highest BCUT2D eigenvalue weighted by molar-refractivity contribution is 9.10. The van der Waals surface area contributed by atoms with Crippen LogP contribution in [0.5, 0.6) is 0 Å². The number of para-hydroxylation sites is 1. The second kappa shape index (κ2) is 5.64. The number of rotatable bonds is 3. The van der Waals surface area contributed by atoms with Crippen LogP contribution in [-0.2, 0) is 9.59 Å². The Morgan fingerprint density at radius 3 is 2.65 bits per heavy atom. The van der Waals surface area contributed by atoms with Gasteiger partial charge in [0.1, 0.15) is 5.82 Å². The molecule has 108 valence electrons. The van der Waals surface area contributed by atoms with Crippen LogP contribution in [0, 0.1) is 11.7 Å². The van der Waals surface area contributed by atoms with Crippen molar-refractivity contribution < 1.29 is 14.0 Å². The lowest BCUT2D eigenvalue weighted by molar-refractivity contribution is -0.134. The average molecular weight is 342 g/mol. The number of halogens is 2. The SMILES string of the molecule is CC(C)(Br)C(=O)[C@H]1CCCN(c2ccccc2F)C1=O. The summed E-state index contributed by atoms with van der Waals surface area (Å²) in [6.45, 7) is 3.90. The predicted octanol–water partition coefficient (Wildman–Crippen LogP) is 3.31. The summed E-state index contributed by atoms with van der Waals surface area (Å²) in [6.07, 6.45) is 1.22. The number of anilines is 1. The Kier molecular flexibility index (Phi) is 4.28. The first kappa shape index (κ1) is 15.2. The zero-order valence-electron chi connectivity index (χ0n) is 11.5. The summed E-state index contributed by atoms with van der Waals surface area (Å²) >= 11 is 3.30. The smallest absolute Gasteiger partial charge is 0.237 e. The van der Waals surface area contributed by atoms with Crippen molar-refractivity contribution in [2.45, 2.75) is 31.0 Å². The number of alkyl halides is 1. The van der Waals surface area contributed by atoms with E-state index in [-0.39, 0.29) is 17.4 Å². The number of carbonyl (C=O) groups is 2. The maximum Gasteiger partial charge on any atom is 0.237 e. The first-order chi connectivity index (χ1) is 9.32. The first-order valence-corrected chi connectivity index (χ1v) is 7.41. The van der Waals surface area contributed by atoms with Crippen LogP contribution < -0.4 is 4.90 Å². The number of hydrogen-bond acceptors (Lipinski definition) is 2. The van der Waals surface area contributed by atoms with Gasteiger partial charge in [-0.15, -0.1) is 0 Å². The summed E-state index contributed by atoms with van der Waals surface area (Å²) in [5.74, 6) is -1.59. The number of Topliss-reactive ketones (excluding diaryl/α,β-unsaturated/α-hetero) is 1. The lowest BCUT2D eigenvalue weighted by Crippen LogP contribution is -2.48. The van der Waals surface area contributed by atoms with Crippen LogP contribution in [0.2, 0.25) is 0 Å². The molecule has 1 amide bonds. The Labute approximate surface area is 126 Å². The first-order valence-electron chi connectivity index (χ1n) is 6.61. The third-order valence-corrected chi connectivity index (χ3v) is 3.88. The quantitative estimate of drug-likeness (QED) is 0.624. The lowest BCUT2D eigenvalue weighted by atomic mass is 9.87. The molecular formula is C15H17BrFNO2. The van der Waals surface area contributed by atoms with Crippen molar-refractivity contribution in [1.82, 2.24) is 0 Å². The van der Waals surface area contributed by atoms with Gasteiger partial charge in [0.05, 0.1) is 15.9 Å². The number of ketones is 1. The molecule has 1 aliphatic heterocycles. The highest BCUT2D eigenvalue weighted by atomic mass is 79.9. The van der Waals surface area contributed by atoms with Gasteiger partial charge in [-0.2, -0.15) is 0 Å². The van der Waals surface area contributed by atoms with Gasteiger partial charge in [0, 0.05) is 6.54 Å². The second-order valence-electron chi connectivity index (χ2n) is 5.47. The Bertz CT molecular complexity index is 539. The lowest BCUT2D eigenvalue weighted by Gasteiger charge is -2.33. The molecule has 5 heteroatoms. The Hall–Kier alpha value is -1.23. The van der Waals surface area contributed by atoms with Gasteiger partial charge in [-0.3, -0.25) is 9.59 Å². The van der Waals surface area contributed by atoms with E-state index in [4.69, 9.17) is 0 Å². The summed E-state index contributed by atoms with van der Waals surface area (Å²) in [4.78, 5) is 26.2. The molecule has 1 heterocycles. The molecule has 0 aromatic heterocycles. The van der Waals surface area contributed by atoms with Crippen LogP contribution >= 0.6 is 15.9 Å². The van der Waals surface area contributed by atoms with E-state index in [2.05, 4.69) is 15.9 Å². The molecule has 3 nitrogen and oxygen atoms in total. The zero-order chi connectivity index (χ0) is 14.9. The number of hydrogen-bond donors (Lipinski definition) is 0. The zero-order valence-corrected chi connectivity index (χ0v) is 13.1. The number of amides is 1. The molecule has 1 aromatic rings. The van der Waals surface area contributed by atoms with Crippen LogP contribution in [0.25, 0.3) is 0 Å². The minimum absolute atomic E-state index is 0.150. The van der Waals surface area contributed by atoms with Gasteiger partial charge in [-0.05, 0) is 38.8 Å². The van der Waals surface area contributed by atoms with E-state index in [1.807, 2.05) is 0 Å². The van der Waals surface area contributed by atoms with Crippen molar-refractivity contribution in [1.29, 1.82) is 0 Å². The van der Waals surface area contributed by atoms with Gasteiger partial charge >= 0.3 is 0 Å².